The summed E-state index contributed by atoms with van der Waals surface area (Å²) in [5.74, 6) is 0. The molecule has 30 heavy (non-hydrogen) atoms. The van der Waals surface area contributed by atoms with Crippen LogP contribution in [0.4, 0.5) is 11.4 Å². The average Bonchev–Trinajstić information content (AvgIpc) is 3.26. The van der Waals surface area contributed by atoms with E-state index in [9.17, 15) is 8.42 Å². The fraction of sp³-hybridized carbons (Fsp3) is 0.200. The summed E-state index contributed by atoms with van der Waals surface area (Å²) < 4.78 is 26.8. The van der Waals surface area contributed by atoms with Gasteiger partial charge in [-0.05, 0) is 77.0 Å². The second kappa shape index (κ2) is 8.26. The Hall–Kier alpha value is -2.01. The van der Waals surface area contributed by atoms with Gasteiger partial charge in [0, 0.05) is 26.6 Å². The second-order valence-corrected chi connectivity index (χ2v) is 11.0. The molecule has 1 saturated heterocycles. The van der Waals surface area contributed by atoms with E-state index >= 15 is 0 Å². The number of rotatable bonds is 5. The zero-order valence-corrected chi connectivity index (χ0v) is 20.2. The average molecular weight is 524 g/mol. The van der Waals surface area contributed by atoms with Gasteiger partial charge >= 0.3 is 0 Å². The molecule has 0 unspecified atom stereocenters. The topological polar surface area (TPSA) is 74.3 Å². The van der Waals surface area contributed by atoms with E-state index in [4.69, 9.17) is 12.2 Å². The van der Waals surface area contributed by atoms with Gasteiger partial charge in [-0.2, -0.15) is 0 Å². The lowest BCUT2D eigenvalue weighted by molar-refractivity contribution is 0.575. The number of anilines is 2. The Kier molecular flexibility index (Phi) is 5.84. The van der Waals surface area contributed by atoms with Crippen LogP contribution in [0, 0.1) is 6.92 Å². The number of nitrogens with zero attached hydrogens (tertiary/aromatic N) is 2. The van der Waals surface area contributed by atoms with E-state index in [2.05, 4.69) is 47.3 Å². The molecule has 0 aliphatic carbocycles. The molecule has 1 aromatic carbocycles. The summed E-state index contributed by atoms with van der Waals surface area (Å²) >= 11 is 10.9. The van der Waals surface area contributed by atoms with E-state index in [-0.39, 0.29) is 12.1 Å². The lowest BCUT2D eigenvalue weighted by Crippen LogP contribution is -2.29. The highest BCUT2D eigenvalue weighted by molar-refractivity contribution is 9.10. The summed E-state index contributed by atoms with van der Waals surface area (Å²) in [4.78, 5) is 7.76. The van der Waals surface area contributed by atoms with E-state index in [1.807, 2.05) is 37.3 Å². The Morgan fingerprint density at radius 3 is 2.67 bits per heavy atom. The first kappa shape index (κ1) is 21.2. The van der Waals surface area contributed by atoms with Gasteiger partial charge in [-0.15, -0.1) is 11.3 Å². The molecule has 1 fully saturated rings. The number of halogens is 1. The summed E-state index contributed by atoms with van der Waals surface area (Å²) in [5, 5.41) is 6.07. The van der Waals surface area contributed by atoms with Crippen molar-refractivity contribution in [3.8, 4) is 0 Å². The zero-order chi connectivity index (χ0) is 21.5. The molecule has 3 aromatic rings. The van der Waals surface area contributed by atoms with Crippen molar-refractivity contribution >= 4 is 66.0 Å². The van der Waals surface area contributed by atoms with Crippen LogP contribution >= 0.6 is 39.5 Å². The molecule has 2 N–H and O–H groups in total. The van der Waals surface area contributed by atoms with Crippen LogP contribution in [-0.2, 0) is 10.0 Å². The summed E-state index contributed by atoms with van der Waals surface area (Å²) in [6, 6.07) is 13.3. The van der Waals surface area contributed by atoms with Gasteiger partial charge in [0.05, 0.1) is 29.7 Å². The molecule has 10 heteroatoms. The molecule has 2 atom stereocenters. The number of thiocarbonyl (C=S) groups is 1. The van der Waals surface area contributed by atoms with E-state index < -0.39 is 10.0 Å². The third-order valence-corrected chi connectivity index (χ3v) is 7.43. The maximum absolute atomic E-state index is 11.6. The van der Waals surface area contributed by atoms with Crippen LogP contribution in [0.2, 0.25) is 0 Å². The Bertz CT molecular complexity index is 1200. The number of thiophene rings is 1. The largest absolute Gasteiger partial charge is 0.351 e. The van der Waals surface area contributed by atoms with Crippen molar-refractivity contribution in [2.45, 2.75) is 19.0 Å². The minimum Gasteiger partial charge on any atom is -0.351 e. The molecule has 1 aliphatic heterocycles. The summed E-state index contributed by atoms with van der Waals surface area (Å²) in [6.45, 7) is 1.87. The first-order valence-electron chi connectivity index (χ1n) is 9.06. The van der Waals surface area contributed by atoms with Crippen LogP contribution < -0.4 is 14.9 Å². The molecule has 1 aliphatic rings. The molecular formula is C20H19BrN4O2S3. The number of aryl methyl sites for hydroxylation is 1. The third-order valence-electron chi connectivity index (χ3n) is 4.76. The molecule has 0 saturated carbocycles. The lowest BCUT2D eigenvalue weighted by atomic mass is 10.0. The van der Waals surface area contributed by atoms with Crippen molar-refractivity contribution in [2.24, 2.45) is 0 Å². The Morgan fingerprint density at radius 2 is 2.07 bits per heavy atom. The lowest BCUT2D eigenvalue weighted by Gasteiger charge is -2.27. The standard InChI is InChI=1S/C20H19BrN4O2S3/c1-12-9-14(6-7-15(12)24-30(2,26)27)25-19(17-10-13(21)11-29-17)18(23-20(25)28)16-5-3-4-8-22-16/h3-11,18-19,24H,1-2H3,(H,23,28)/t18-,19-/m0/s1. The van der Waals surface area contributed by atoms with Gasteiger partial charge in [0.1, 0.15) is 0 Å². The molecule has 156 valence electrons. The fourth-order valence-corrected chi connectivity index (χ4v) is 6.06. The van der Waals surface area contributed by atoms with Crippen LogP contribution in [0.25, 0.3) is 0 Å². The molecule has 6 nitrogen and oxygen atoms in total. The zero-order valence-electron chi connectivity index (χ0n) is 16.2. The van der Waals surface area contributed by atoms with E-state index in [0.29, 0.717) is 10.8 Å². The number of nitrogens with one attached hydrogen (secondary N) is 2. The van der Waals surface area contributed by atoms with Crippen LogP contribution in [0.3, 0.4) is 0 Å². The highest BCUT2D eigenvalue weighted by Gasteiger charge is 2.41. The first-order chi connectivity index (χ1) is 14.2. The van der Waals surface area contributed by atoms with Crippen LogP contribution in [0.15, 0.2) is 58.5 Å². The van der Waals surface area contributed by atoms with Gasteiger partial charge in [0.2, 0.25) is 10.0 Å². The van der Waals surface area contributed by atoms with E-state index in [1.54, 1.807) is 23.6 Å². The second-order valence-electron chi connectivity index (χ2n) is 7.04. The summed E-state index contributed by atoms with van der Waals surface area (Å²) in [5.41, 5.74) is 3.16. The van der Waals surface area contributed by atoms with Gasteiger partial charge < -0.3 is 10.2 Å². The van der Waals surface area contributed by atoms with Gasteiger partial charge in [0.15, 0.2) is 5.11 Å². The Morgan fingerprint density at radius 1 is 1.27 bits per heavy atom. The molecule has 2 aromatic heterocycles. The maximum Gasteiger partial charge on any atom is 0.229 e. The quantitative estimate of drug-likeness (QED) is 0.470. The molecule has 0 bridgehead atoms. The monoisotopic (exact) mass is 522 g/mol. The number of hydrogen-bond donors (Lipinski definition) is 2. The van der Waals surface area contributed by atoms with Crippen molar-refractivity contribution in [3.63, 3.8) is 0 Å². The van der Waals surface area contributed by atoms with E-state index in [0.717, 1.165) is 32.6 Å². The fourth-order valence-electron chi connectivity index (χ4n) is 3.52. The third kappa shape index (κ3) is 4.36. The molecule has 0 radical (unpaired) electrons. The predicted octanol–water partition coefficient (Wildman–Crippen LogP) is 4.76. The molecular weight excluding hydrogens is 504 g/mol. The number of pyridine rings is 1. The molecule has 0 spiro atoms. The highest BCUT2D eigenvalue weighted by atomic mass is 79.9. The van der Waals surface area contributed by atoms with Crippen molar-refractivity contribution < 1.29 is 8.42 Å². The van der Waals surface area contributed by atoms with Crippen LogP contribution in [0.5, 0.6) is 0 Å². The van der Waals surface area contributed by atoms with Crippen LogP contribution in [0.1, 0.15) is 28.2 Å². The number of benzene rings is 1. The number of sulfonamides is 1. The van der Waals surface area contributed by atoms with Gasteiger partial charge in [-0.25, -0.2) is 8.42 Å². The van der Waals surface area contributed by atoms with Crippen molar-refractivity contribution in [1.82, 2.24) is 10.3 Å². The minimum atomic E-state index is -3.35. The normalized spacial score (nSPS) is 19.0. The maximum atomic E-state index is 11.6. The summed E-state index contributed by atoms with van der Waals surface area (Å²) in [7, 11) is -3.35. The number of aromatic nitrogens is 1. The van der Waals surface area contributed by atoms with Crippen molar-refractivity contribution in [3.05, 3.63) is 74.6 Å². The SMILES string of the molecule is Cc1cc(N2C(=S)N[C@@H](c3ccccn3)[C@@H]2c2cc(Br)cs2)ccc1NS(C)(=O)=O. The van der Waals surface area contributed by atoms with Gasteiger partial charge in [0.25, 0.3) is 0 Å². The molecule has 0 amide bonds. The Balaban J connectivity index is 1.77. The Labute approximate surface area is 193 Å². The molecule has 3 heterocycles. The first-order valence-corrected chi connectivity index (χ1v) is 13.0. The van der Waals surface area contributed by atoms with Crippen LogP contribution in [-0.4, -0.2) is 24.8 Å². The van der Waals surface area contributed by atoms with Gasteiger partial charge in [-0.1, -0.05) is 6.07 Å². The highest BCUT2D eigenvalue weighted by Crippen LogP contribution is 2.44. The van der Waals surface area contributed by atoms with Crippen molar-refractivity contribution in [1.29, 1.82) is 0 Å². The minimum absolute atomic E-state index is 0.0863. The number of hydrogen-bond acceptors (Lipinski definition) is 5. The van der Waals surface area contributed by atoms with Gasteiger partial charge in [-0.3, -0.25) is 9.71 Å². The summed E-state index contributed by atoms with van der Waals surface area (Å²) in [6.07, 6.45) is 2.92. The molecule has 4 rings (SSSR count). The smallest absolute Gasteiger partial charge is 0.229 e. The van der Waals surface area contributed by atoms with Crippen molar-refractivity contribution in [2.75, 3.05) is 15.9 Å². The predicted molar refractivity (Wildman–Crippen MR) is 130 cm³/mol. The van der Waals surface area contributed by atoms with E-state index in [1.165, 1.54) is 0 Å².